The van der Waals surface area contributed by atoms with Gasteiger partial charge in [-0.2, -0.15) is 26.3 Å². The van der Waals surface area contributed by atoms with Crippen molar-refractivity contribution >= 4 is 11.6 Å². The Kier molecular flexibility index (Phi) is 4.23. The topological polar surface area (TPSA) is 22.1 Å². The number of pyridine rings is 1. The molecule has 1 aromatic carbocycles. The second-order valence-corrected chi connectivity index (χ2v) is 4.47. The number of hydrogen-bond acceptors (Lipinski definition) is 2. The molecular weight excluding hydrogens is 336 g/mol. The Balaban J connectivity index is 2.27. The van der Waals surface area contributed by atoms with Gasteiger partial charge in [0.25, 0.3) is 0 Å². The van der Waals surface area contributed by atoms with Crippen molar-refractivity contribution < 1.29 is 31.1 Å². The Hall–Kier alpha value is -1.96. The van der Waals surface area contributed by atoms with Crippen LogP contribution in [0.25, 0.3) is 0 Å². The van der Waals surface area contributed by atoms with Gasteiger partial charge in [-0.15, -0.1) is 0 Å². The van der Waals surface area contributed by atoms with Crippen LogP contribution in [0.3, 0.4) is 0 Å². The number of aromatic nitrogens is 1. The van der Waals surface area contributed by atoms with Crippen LogP contribution in [0.4, 0.5) is 26.3 Å². The smallest absolute Gasteiger partial charge is 0.419 e. The van der Waals surface area contributed by atoms with E-state index in [9.17, 15) is 26.3 Å². The van der Waals surface area contributed by atoms with Crippen LogP contribution in [-0.2, 0) is 12.4 Å². The fraction of sp³-hybridized carbons (Fsp3) is 0.154. The Bertz CT molecular complexity index is 683. The Labute approximate surface area is 125 Å². The maximum Gasteiger partial charge on any atom is 0.419 e. The maximum absolute atomic E-state index is 12.5. The molecule has 1 aromatic heterocycles. The minimum absolute atomic E-state index is 0.224. The van der Waals surface area contributed by atoms with Gasteiger partial charge in [0.1, 0.15) is 10.9 Å². The van der Waals surface area contributed by atoms with Crippen LogP contribution in [0.2, 0.25) is 5.15 Å². The van der Waals surface area contributed by atoms with Crippen LogP contribution < -0.4 is 4.74 Å². The molecule has 0 fully saturated rings. The maximum atomic E-state index is 12.5. The van der Waals surface area contributed by atoms with E-state index < -0.39 is 28.6 Å². The molecule has 118 valence electrons. The number of alkyl halides is 6. The van der Waals surface area contributed by atoms with Gasteiger partial charge in [0.15, 0.2) is 0 Å². The molecule has 0 aliphatic rings. The van der Waals surface area contributed by atoms with Crippen molar-refractivity contribution in [2.75, 3.05) is 0 Å². The zero-order valence-corrected chi connectivity index (χ0v) is 11.2. The minimum Gasteiger partial charge on any atom is -0.439 e. The quantitative estimate of drug-likeness (QED) is 0.526. The molecule has 2 nitrogen and oxygen atoms in total. The molecule has 2 rings (SSSR count). The number of ether oxygens (including phenoxy) is 1. The molecule has 0 spiro atoms. The van der Waals surface area contributed by atoms with E-state index in [-0.39, 0.29) is 11.6 Å². The molecule has 1 heterocycles. The lowest BCUT2D eigenvalue weighted by Crippen LogP contribution is -2.07. The summed E-state index contributed by atoms with van der Waals surface area (Å²) in [6.07, 6.45) is -9.25. The Morgan fingerprint density at radius 1 is 0.909 bits per heavy atom. The van der Waals surface area contributed by atoms with E-state index in [1.165, 1.54) is 6.07 Å². The van der Waals surface area contributed by atoms with Crippen LogP contribution in [0.1, 0.15) is 11.1 Å². The summed E-state index contributed by atoms with van der Waals surface area (Å²) in [5, 5.41) is -0.850. The van der Waals surface area contributed by atoms with Crippen LogP contribution in [0.15, 0.2) is 36.4 Å². The fourth-order valence-electron chi connectivity index (χ4n) is 1.54. The molecular formula is C13H6ClF6NO. The van der Waals surface area contributed by atoms with Crippen molar-refractivity contribution in [3.05, 3.63) is 52.7 Å². The second kappa shape index (κ2) is 5.68. The van der Waals surface area contributed by atoms with E-state index in [1.807, 2.05) is 0 Å². The summed E-state index contributed by atoms with van der Waals surface area (Å²) in [6, 6.07) is 5.35. The summed E-state index contributed by atoms with van der Waals surface area (Å²) >= 11 is 5.39. The van der Waals surface area contributed by atoms with Crippen molar-refractivity contribution in [3.63, 3.8) is 0 Å². The third-order valence-corrected chi connectivity index (χ3v) is 2.80. The Morgan fingerprint density at radius 3 is 2.14 bits per heavy atom. The van der Waals surface area contributed by atoms with Gasteiger partial charge in [-0.1, -0.05) is 17.7 Å². The molecule has 0 N–H and O–H groups in total. The molecule has 2 aromatic rings. The first-order valence-electron chi connectivity index (χ1n) is 5.66. The van der Waals surface area contributed by atoms with Crippen molar-refractivity contribution in [1.29, 1.82) is 0 Å². The zero-order valence-electron chi connectivity index (χ0n) is 10.5. The van der Waals surface area contributed by atoms with Crippen molar-refractivity contribution in [3.8, 4) is 11.6 Å². The number of rotatable bonds is 2. The van der Waals surface area contributed by atoms with E-state index in [1.54, 1.807) is 0 Å². The number of hydrogen-bond donors (Lipinski definition) is 0. The van der Waals surface area contributed by atoms with Gasteiger partial charge in [-0.05, 0) is 24.3 Å². The molecule has 22 heavy (non-hydrogen) atoms. The van der Waals surface area contributed by atoms with Crippen molar-refractivity contribution in [2.24, 2.45) is 0 Å². The molecule has 0 bridgehead atoms. The van der Waals surface area contributed by atoms with E-state index in [0.717, 1.165) is 18.2 Å². The van der Waals surface area contributed by atoms with Gasteiger partial charge in [0, 0.05) is 6.07 Å². The van der Waals surface area contributed by atoms with E-state index in [0.29, 0.717) is 12.1 Å². The summed E-state index contributed by atoms with van der Waals surface area (Å²) in [6.45, 7) is 0. The lowest BCUT2D eigenvalue weighted by atomic mass is 10.2. The summed E-state index contributed by atoms with van der Waals surface area (Å²) in [5.41, 5.74) is -2.12. The Morgan fingerprint density at radius 2 is 1.59 bits per heavy atom. The average Bonchev–Trinajstić information content (AvgIpc) is 2.36. The molecule has 0 atom stereocenters. The minimum atomic E-state index is -4.68. The van der Waals surface area contributed by atoms with Crippen molar-refractivity contribution in [2.45, 2.75) is 12.4 Å². The third kappa shape index (κ3) is 3.82. The SMILES string of the molecule is FC(F)(F)c1cccc(Oc2ccc(C(F)(F)F)c(Cl)n2)c1. The molecule has 0 saturated carbocycles. The summed E-state index contributed by atoms with van der Waals surface area (Å²) in [4.78, 5) is 3.37. The largest absolute Gasteiger partial charge is 0.439 e. The van der Waals surface area contributed by atoms with Gasteiger partial charge >= 0.3 is 12.4 Å². The van der Waals surface area contributed by atoms with Gasteiger partial charge in [-0.25, -0.2) is 4.98 Å². The van der Waals surface area contributed by atoms with Gasteiger partial charge in [0.05, 0.1) is 11.1 Å². The van der Waals surface area contributed by atoms with Crippen molar-refractivity contribution in [1.82, 2.24) is 4.98 Å². The number of benzene rings is 1. The van der Waals surface area contributed by atoms with Crippen LogP contribution in [-0.4, -0.2) is 4.98 Å². The monoisotopic (exact) mass is 341 g/mol. The number of halogens is 7. The highest BCUT2D eigenvalue weighted by molar-refractivity contribution is 6.30. The molecule has 0 aliphatic heterocycles. The predicted octanol–water partition coefficient (Wildman–Crippen LogP) is 5.56. The third-order valence-electron chi connectivity index (χ3n) is 2.51. The molecule has 0 unspecified atom stereocenters. The first-order valence-corrected chi connectivity index (χ1v) is 6.04. The van der Waals surface area contributed by atoms with E-state index in [4.69, 9.17) is 16.3 Å². The van der Waals surface area contributed by atoms with Gasteiger partial charge in [-0.3, -0.25) is 0 Å². The highest BCUT2D eigenvalue weighted by Crippen LogP contribution is 2.36. The standard InChI is InChI=1S/C13H6ClF6NO/c14-11-9(13(18,19)20)4-5-10(21-11)22-8-3-1-2-7(6-8)12(15,16)17/h1-6H. The summed E-state index contributed by atoms with van der Waals surface area (Å²) in [5.74, 6) is -0.574. The van der Waals surface area contributed by atoms with Crippen LogP contribution >= 0.6 is 11.6 Å². The lowest BCUT2D eigenvalue weighted by molar-refractivity contribution is -0.138. The van der Waals surface area contributed by atoms with E-state index >= 15 is 0 Å². The fourth-order valence-corrected chi connectivity index (χ4v) is 1.80. The molecule has 0 saturated heterocycles. The lowest BCUT2D eigenvalue weighted by Gasteiger charge is -2.11. The molecule has 9 heteroatoms. The van der Waals surface area contributed by atoms with Gasteiger partial charge < -0.3 is 4.74 Å². The van der Waals surface area contributed by atoms with Gasteiger partial charge in [0.2, 0.25) is 5.88 Å². The predicted molar refractivity (Wildman–Crippen MR) is 65.8 cm³/mol. The first-order chi connectivity index (χ1) is 10.1. The highest BCUT2D eigenvalue weighted by atomic mass is 35.5. The molecule has 0 amide bonds. The average molecular weight is 342 g/mol. The second-order valence-electron chi connectivity index (χ2n) is 4.11. The zero-order chi connectivity index (χ0) is 16.5. The summed E-state index contributed by atoms with van der Waals surface area (Å²) < 4.78 is 80.1. The molecule has 0 radical (unpaired) electrons. The summed E-state index contributed by atoms with van der Waals surface area (Å²) in [7, 11) is 0. The van der Waals surface area contributed by atoms with E-state index in [2.05, 4.69) is 4.98 Å². The first kappa shape index (κ1) is 16.4. The van der Waals surface area contributed by atoms with Crippen LogP contribution in [0.5, 0.6) is 11.6 Å². The number of nitrogens with zero attached hydrogens (tertiary/aromatic N) is 1. The van der Waals surface area contributed by atoms with Crippen LogP contribution in [0, 0.1) is 0 Å². The highest BCUT2D eigenvalue weighted by Gasteiger charge is 2.34. The normalized spacial score (nSPS) is 12.3. The molecule has 0 aliphatic carbocycles.